The first kappa shape index (κ1) is 12.2. The molecular weight excluding hydrogens is 250 g/mol. The number of carbonyl (C=O) groups is 1. The molecule has 0 aliphatic heterocycles. The van der Waals surface area contributed by atoms with Crippen LogP contribution < -0.4 is 5.73 Å². The molecule has 4 bridgehead atoms. The minimum Gasteiger partial charge on any atom is -0.507 e. The van der Waals surface area contributed by atoms with Gasteiger partial charge in [0.25, 0.3) is 5.91 Å². The first-order chi connectivity index (χ1) is 9.63. The highest BCUT2D eigenvalue weighted by Crippen LogP contribution is 2.60. The maximum atomic E-state index is 11.4. The fraction of sp³-hybridized carbons (Fsp3) is 0.588. The molecule has 4 fully saturated rings. The van der Waals surface area contributed by atoms with Crippen LogP contribution in [0.15, 0.2) is 18.2 Å². The van der Waals surface area contributed by atoms with Gasteiger partial charge in [-0.1, -0.05) is 12.1 Å². The number of hydrogen-bond acceptors (Lipinski definition) is 2. The van der Waals surface area contributed by atoms with Crippen LogP contribution in [0.4, 0.5) is 0 Å². The van der Waals surface area contributed by atoms with Gasteiger partial charge in [-0.15, -0.1) is 0 Å². The van der Waals surface area contributed by atoms with Crippen molar-refractivity contribution in [3.63, 3.8) is 0 Å². The summed E-state index contributed by atoms with van der Waals surface area (Å²) >= 11 is 0. The Hall–Kier alpha value is -1.51. The van der Waals surface area contributed by atoms with Gasteiger partial charge in [0.2, 0.25) is 0 Å². The van der Waals surface area contributed by atoms with Gasteiger partial charge in [0.05, 0.1) is 5.56 Å². The molecule has 0 aromatic heterocycles. The number of primary amides is 1. The van der Waals surface area contributed by atoms with Gasteiger partial charge < -0.3 is 10.8 Å². The predicted octanol–water partition coefficient (Wildman–Crippen LogP) is 3.03. The molecule has 0 spiro atoms. The average molecular weight is 271 g/mol. The molecule has 1 amide bonds. The van der Waals surface area contributed by atoms with Gasteiger partial charge in [-0.05, 0) is 73.3 Å². The third-order valence-corrected chi connectivity index (χ3v) is 5.92. The van der Waals surface area contributed by atoms with Crippen molar-refractivity contribution in [2.75, 3.05) is 0 Å². The number of rotatable bonds is 2. The van der Waals surface area contributed by atoms with Crippen molar-refractivity contribution in [1.82, 2.24) is 0 Å². The van der Waals surface area contributed by atoms with E-state index in [0.717, 1.165) is 17.4 Å². The molecule has 0 heterocycles. The van der Waals surface area contributed by atoms with Crippen LogP contribution in [0.5, 0.6) is 5.75 Å². The minimum atomic E-state index is -0.534. The molecule has 1 aromatic carbocycles. The van der Waals surface area contributed by atoms with Crippen LogP contribution >= 0.6 is 0 Å². The van der Waals surface area contributed by atoms with Gasteiger partial charge >= 0.3 is 0 Å². The summed E-state index contributed by atoms with van der Waals surface area (Å²) in [6.07, 6.45) is 6.64. The fourth-order valence-corrected chi connectivity index (χ4v) is 5.46. The van der Waals surface area contributed by atoms with Crippen molar-refractivity contribution in [2.24, 2.45) is 29.4 Å². The topological polar surface area (TPSA) is 63.3 Å². The Bertz CT molecular complexity index is 538. The lowest BCUT2D eigenvalue weighted by Crippen LogP contribution is -2.43. The molecule has 3 heteroatoms. The molecule has 0 saturated heterocycles. The van der Waals surface area contributed by atoms with E-state index in [4.69, 9.17) is 5.73 Å². The Labute approximate surface area is 119 Å². The largest absolute Gasteiger partial charge is 0.507 e. The van der Waals surface area contributed by atoms with E-state index in [0.29, 0.717) is 17.8 Å². The van der Waals surface area contributed by atoms with Crippen molar-refractivity contribution in [2.45, 2.75) is 38.0 Å². The second-order valence-electron chi connectivity index (χ2n) is 7.06. The SMILES string of the molecule is NC(=O)c1cccc(C2C3CC4CC(C3)CC2C4)c1O. The van der Waals surface area contributed by atoms with Crippen LogP contribution in [0.25, 0.3) is 0 Å². The monoisotopic (exact) mass is 271 g/mol. The van der Waals surface area contributed by atoms with Gasteiger partial charge in [-0.25, -0.2) is 0 Å². The molecule has 0 unspecified atom stereocenters. The van der Waals surface area contributed by atoms with E-state index >= 15 is 0 Å². The summed E-state index contributed by atoms with van der Waals surface area (Å²) < 4.78 is 0. The molecule has 20 heavy (non-hydrogen) atoms. The average Bonchev–Trinajstić information content (AvgIpc) is 2.39. The molecule has 3 N–H and O–H groups in total. The smallest absolute Gasteiger partial charge is 0.252 e. The van der Waals surface area contributed by atoms with Crippen molar-refractivity contribution < 1.29 is 9.90 Å². The first-order valence-electron chi connectivity index (χ1n) is 7.75. The van der Waals surface area contributed by atoms with Crippen molar-refractivity contribution in [1.29, 1.82) is 0 Å². The Balaban J connectivity index is 1.75. The van der Waals surface area contributed by atoms with E-state index in [-0.39, 0.29) is 11.3 Å². The van der Waals surface area contributed by atoms with Crippen molar-refractivity contribution in [3.05, 3.63) is 29.3 Å². The Morgan fingerprint density at radius 2 is 1.65 bits per heavy atom. The zero-order valence-electron chi connectivity index (χ0n) is 11.6. The van der Waals surface area contributed by atoms with Gasteiger partial charge in [0.1, 0.15) is 5.75 Å². The molecule has 0 atom stereocenters. The van der Waals surface area contributed by atoms with Gasteiger partial charge in [0, 0.05) is 0 Å². The molecule has 4 aliphatic carbocycles. The number of hydrogen-bond donors (Lipinski definition) is 2. The van der Waals surface area contributed by atoms with Crippen molar-refractivity contribution >= 4 is 5.91 Å². The van der Waals surface area contributed by atoms with E-state index in [9.17, 15) is 9.90 Å². The number of phenols is 1. The molecule has 4 aliphatic rings. The fourth-order valence-electron chi connectivity index (χ4n) is 5.46. The normalized spacial score (nSPS) is 38.1. The minimum absolute atomic E-state index is 0.137. The summed E-state index contributed by atoms with van der Waals surface area (Å²) in [7, 11) is 0. The summed E-state index contributed by atoms with van der Waals surface area (Å²) in [5.74, 6) is 3.25. The summed E-state index contributed by atoms with van der Waals surface area (Å²) in [5, 5.41) is 10.4. The van der Waals surface area contributed by atoms with Crippen LogP contribution in [-0.2, 0) is 0 Å². The van der Waals surface area contributed by atoms with Crippen LogP contribution in [0, 0.1) is 23.7 Å². The van der Waals surface area contributed by atoms with E-state index < -0.39 is 5.91 Å². The highest BCUT2D eigenvalue weighted by molar-refractivity contribution is 5.96. The number of amides is 1. The number of para-hydroxylation sites is 1. The highest BCUT2D eigenvalue weighted by Gasteiger charge is 2.49. The number of nitrogens with two attached hydrogens (primary N) is 1. The quantitative estimate of drug-likeness (QED) is 0.868. The standard InChI is InChI=1S/C17H21NO2/c18-17(20)14-3-1-2-13(16(14)19)15-11-5-9-4-10(7-11)8-12(15)6-9/h1-3,9-12,15,19H,4-8H2,(H2,18,20). The van der Waals surface area contributed by atoms with Gasteiger partial charge in [-0.3, -0.25) is 4.79 Å². The van der Waals surface area contributed by atoms with Gasteiger partial charge in [-0.2, -0.15) is 0 Å². The maximum Gasteiger partial charge on any atom is 0.252 e. The number of benzene rings is 1. The summed E-state index contributed by atoms with van der Waals surface area (Å²) in [4.78, 5) is 11.4. The Morgan fingerprint density at radius 1 is 1.05 bits per heavy atom. The molecule has 1 aromatic rings. The van der Waals surface area contributed by atoms with Crippen molar-refractivity contribution in [3.8, 4) is 5.75 Å². The molecule has 4 saturated carbocycles. The molecule has 0 radical (unpaired) electrons. The first-order valence-corrected chi connectivity index (χ1v) is 7.75. The highest BCUT2D eigenvalue weighted by atomic mass is 16.3. The van der Waals surface area contributed by atoms with Crippen LogP contribution in [-0.4, -0.2) is 11.0 Å². The Morgan fingerprint density at radius 3 is 2.20 bits per heavy atom. The van der Waals surface area contributed by atoms with Crippen LogP contribution in [0.3, 0.4) is 0 Å². The Kier molecular flexibility index (Phi) is 2.60. The third-order valence-electron chi connectivity index (χ3n) is 5.92. The second kappa shape index (κ2) is 4.24. The van der Waals surface area contributed by atoms with E-state index in [1.54, 1.807) is 6.07 Å². The van der Waals surface area contributed by atoms with E-state index in [1.807, 2.05) is 12.1 Å². The maximum absolute atomic E-state index is 11.4. The summed E-state index contributed by atoms with van der Waals surface area (Å²) in [6, 6.07) is 5.48. The zero-order valence-corrected chi connectivity index (χ0v) is 11.6. The predicted molar refractivity (Wildman–Crippen MR) is 76.4 cm³/mol. The summed E-state index contributed by atoms with van der Waals surface area (Å²) in [5.41, 5.74) is 6.60. The zero-order chi connectivity index (χ0) is 13.9. The van der Waals surface area contributed by atoms with E-state index in [2.05, 4.69) is 0 Å². The lowest BCUT2D eigenvalue weighted by atomic mass is 9.50. The lowest BCUT2D eigenvalue weighted by Gasteiger charge is -2.54. The second-order valence-corrected chi connectivity index (χ2v) is 7.06. The molecule has 106 valence electrons. The number of carbonyl (C=O) groups excluding carboxylic acids is 1. The summed E-state index contributed by atoms with van der Waals surface area (Å²) in [6.45, 7) is 0. The molecule has 3 nitrogen and oxygen atoms in total. The molecule has 5 rings (SSSR count). The van der Waals surface area contributed by atoms with Gasteiger partial charge in [0.15, 0.2) is 0 Å². The lowest BCUT2D eigenvalue weighted by molar-refractivity contribution is -0.00350. The number of aromatic hydroxyl groups is 1. The van der Waals surface area contributed by atoms with Crippen LogP contribution in [0.1, 0.15) is 53.9 Å². The van der Waals surface area contributed by atoms with Crippen LogP contribution in [0.2, 0.25) is 0 Å². The third kappa shape index (κ3) is 1.68. The van der Waals surface area contributed by atoms with E-state index in [1.165, 1.54) is 32.1 Å². The molecular formula is C17H21NO2.